The highest BCUT2D eigenvalue weighted by molar-refractivity contribution is 7.22. The number of nitrogens with zero attached hydrogens (tertiary/aromatic N) is 3. The molecule has 0 radical (unpaired) electrons. The van der Waals surface area contributed by atoms with E-state index < -0.39 is 0 Å². The van der Waals surface area contributed by atoms with Crippen LogP contribution in [0, 0.1) is 13.8 Å². The third-order valence-corrected chi connectivity index (χ3v) is 7.12. The lowest BCUT2D eigenvalue weighted by molar-refractivity contribution is 0.0984. The number of fused-ring (bicyclic) bond motifs is 2. The van der Waals surface area contributed by atoms with Gasteiger partial charge < -0.3 is 4.90 Å². The van der Waals surface area contributed by atoms with Crippen LogP contribution < -0.4 is 4.90 Å². The first-order valence-corrected chi connectivity index (χ1v) is 11.7. The molecule has 0 unspecified atom stereocenters. The Hall–Kier alpha value is -2.76. The monoisotopic (exact) mass is 431 g/mol. The van der Waals surface area contributed by atoms with Crippen molar-refractivity contribution in [3.8, 4) is 0 Å². The van der Waals surface area contributed by atoms with Gasteiger partial charge in [0, 0.05) is 18.7 Å². The number of anilines is 1. The second-order valence-electron chi connectivity index (χ2n) is 7.90. The van der Waals surface area contributed by atoms with Crippen LogP contribution in [0.15, 0.2) is 54.6 Å². The lowest BCUT2D eigenvalue weighted by Crippen LogP contribution is -2.38. The van der Waals surface area contributed by atoms with Crippen molar-refractivity contribution in [1.29, 1.82) is 0 Å². The number of benzene rings is 3. The Morgan fingerprint density at radius 2 is 1.68 bits per heavy atom. The van der Waals surface area contributed by atoms with Crippen molar-refractivity contribution in [1.82, 2.24) is 9.88 Å². The third kappa shape index (κ3) is 4.34. The Balaban J connectivity index is 1.74. The van der Waals surface area contributed by atoms with Gasteiger partial charge in [-0.3, -0.25) is 9.69 Å². The molecule has 0 saturated carbocycles. The number of aryl methyl sites for hydroxylation is 2. The molecule has 0 spiro atoms. The molecule has 0 aliphatic heterocycles. The largest absolute Gasteiger partial charge is 0.302 e. The standard InChI is InChI=1S/C26H29N3OS/c1-5-28(6-2)15-16-29(26-27-24-19(4)18(3)11-14-23(24)31-26)25(30)22-13-12-20-9-7-8-10-21(20)17-22/h7-14,17H,5-6,15-16H2,1-4H3. The molecule has 31 heavy (non-hydrogen) atoms. The number of rotatable bonds is 7. The van der Waals surface area contributed by atoms with Crippen molar-refractivity contribution in [2.45, 2.75) is 27.7 Å². The molecule has 0 aliphatic carbocycles. The zero-order chi connectivity index (χ0) is 22.0. The van der Waals surface area contributed by atoms with E-state index >= 15 is 0 Å². The van der Waals surface area contributed by atoms with Crippen LogP contribution in [0.3, 0.4) is 0 Å². The number of carbonyl (C=O) groups excluding carboxylic acids is 1. The van der Waals surface area contributed by atoms with Crippen LogP contribution in [0.5, 0.6) is 0 Å². The van der Waals surface area contributed by atoms with Gasteiger partial charge in [-0.2, -0.15) is 0 Å². The number of carbonyl (C=O) groups is 1. The summed E-state index contributed by atoms with van der Waals surface area (Å²) in [5.74, 6) is 0.00587. The molecule has 4 nitrogen and oxygen atoms in total. The second-order valence-corrected chi connectivity index (χ2v) is 8.91. The zero-order valence-electron chi connectivity index (χ0n) is 18.7. The Morgan fingerprint density at radius 3 is 2.42 bits per heavy atom. The number of thiazole rings is 1. The van der Waals surface area contributed by atoms with Gasteiger partial charge in [-0.1, -0.05) is 61.6 Å². The first-order chi connectivity index (χ1) is 15.0. The quantitative estimate of drug-likeness (QED) is 0.357. The molecule has 0 atom stereocenters. The van der Waals surface area contributed by atoms with Gasteiger partial charge in [0.2, 0.25) is 0 Å². The van der Waals surface area contributed by atoms with Gasteiger partial charge in [0.05, 0.1) is 10.2 Å². The fourth-order valence-electron chi connectivity index (χ4n) is 3.87. The predicted octanol–water partition coefficient (Wildman–Crippen LogP) is 6.05. The van der Waals surface area contributed by atoms with E-state index in [2.05, 4.69) is 56.9 Å². The van der Waals surface area contributed by atoms with E-state index in [1.165, 1.54) is 11.1 Å². The smallest absolute Gasteiger partial charge is 0.260 e. The minimum atomic E-state index is 0.00587. The first-order valence-electron chi connectivity index (χ1n) is 10.9. The number of hydrogen-bond acceptors (Lipinski definition) is 4. The summed E-state index contributed by atoms with van der Waals surface area (Å²) in [5, 5.41) is 2.99. The van der Waals surface area contributed by atoms with Gasteiger partial charge in [0.1, 0.15) is 0 Å². The summed E-state index contributed by atoms with van der Waals surface area (Å²) in [6.45, 7) is 11.9. The molecule has 0 fully saturated rings. The second kappa shape index (κ2) is 9.16. The maximum atomic E-state index is 13.7. The van der Waals surface area contributed by atoms with Gasteiger partial charge in [-0.05, 0) is 67.0 Å². The molecule has 1 amide bonds. The van der Waals surface area contributed by atoms with Crippen LogP contribution in [-0.2, 0) is 0 Å². The molecule has 0 bridgehead atoms. The SMILES string of the molecule is CCN(CC)CCN(C(=O)c1ccc2ccccc2c1)c1nc2c(C)c(C)ccc2s1. The average Bonchev–Trinajstić information content (AvgIpc) is 3.23. The third-order valence-electron chi connectivity index (χ3n) is 6.08. The average molecular weight is 432 g/mol. The molecule has 3 aromatic carbocycles. The summed E-state index contributed by atoms with van der Waals surface area (Å²) in [5.41, 5.74) is 4.10. The Labute approximate surface area is 188 Å². The van der Waals surface area contributed by atoms with Gasteiger partial charge in [0.25, 0.3) is 5.91 Å². The molecule has 0 aliphatic rings. The topological polar surface area (TPSA) is 36.4 Å². The van der Waals surface area contributed by atoms with Crippen molar-refractivity contribution < 1.29 is 4.79 Å². The van der Waals surface area contributed by atoms with Crippen molar-refractivity contribution in [2.24, 2.45) is 0 Å². The van der Waals surface area contributed by atoms with E-state index in [4.69, 9.17) is 4.98 Å². The summed E-state index contributed by atoms with van der Waals surface area (Å²) >= 11 is 1.60. The van der Waals surface area contributed by atoms with E-state index in [9.17, 15) is 4.79 Å². The van der Waals surface area contributed by atoms with E-state index in [0.29, 0.717) is 12.1 Å². The molecule has 160 valence electrons. The van der Waals surface area contributed by atoms with Crippen LogP contribution in [0.4, 0.5) is 5.13 Å². The molecular weight excluding hydrogens is 402 g/mol. The van der Waals surface area contributed by atoms with E-state index in [1.54, 1.807) is 11.3 Å². The number of amides is 1. The normalized spacial score (nSPS) is 11.5. The van der Waals surface area contributed by atoms with Gasteiger partial charge in [-0.25, -0.2) is 4.98 Å². The van der Waals surface area contributed by atoms with Crippen molar-refractivity contribution in [3.63, 3.8) is 0 Å². The van der Waals surface area contributed by atoms with Crippen molar-refractivity contribution in [3.05, 3.63) is 71.3 Å². The van der Waals surface area contributed by atoms with Crippen LogP contribution >= 0.6 is 11.3 Å². The van der Waals surface area contributed by atoms with E-state index in [-0.39, 0.29) is 5.91 Å². The maximum absolute atomic E-state index is 13.7. The molecule has 5 heteroatoms. The van der Waals surface area contributed by atoms with Gasteiger partial charge >= 0.3 is 0 Å². The summed E-state index contributed by atoms with van der Waals surface area (Å²) < 4.78 is 1.12. The number of likely N-dealkylation sites (N-methyl/N-ethyl adjacent to an activating group) is 1. The Bertz CT molecular complexity index is 1230. The van der Waals surface area contributed by atoms with Crippen LogP contribution in [0.25, 0.3) is 21.0 Å². The first kappa shape index (κ1) is 21.5. The van der Waals surface area contributed by atoms with Gasteiger partial charge in [-0.15, -0.1) is 0 Å². The Kier molecular flexibility index (Phi) is 6.35. The van der Waals surface area contributed by atoms with Crippen LogP contribution in [0.1, 0.15) is 35.3 Å². The van der Waals surface area contributed by atoms with E-state index in [0.717, 1.165) is 45.8 Å². The molecule has 1 aromatic heterocycles. The molecule has 0 N–H and O–H groups in total. The maximum Gasteiger partial charge on any atom is 0.260 e. The molecule has 0 saturated heterocycles. The summed E-state index contributed by atoms with van der Waals surface area (Å²) in [6.07, 6.45) is 0. The Morgan fingerprint density at radius 1 is 0.935 bits per heavy atom. The fourth-order valence-corrected chi connectivity index (χ4v) is 4.92. The lowest BCUT2D eigenvalue weighted by atomic mass is 10.1. The van der Waals surface area contributed by atoms with E-state index in [1.807, 2.05) is 35.2 Å². The minimum absolute atomic E-state index is 0.00587. The summed E-state index contributed by atoms with van der Waals surface area (Å²) in [4.78, 5) is 22.8. The highest BCUT2D eigenvalue weighted by atomic mass is 32.1. The van der Waals surface area contributed by atoms with Crippen molar-refractivity contribution >= 4 is 43.4 Å². The molecule has 4 aromatic rings. The predicted molar refractivity (Wildman–Crippen MR) is 133 cm³/mol. The molecular formula is C26H29N3OS. The number of aromatic nitrogens is 1. The summed E-state index contributed by atoms with van der Waals surface area (Å²) in [6, 6.07) is 18.3. The fraction of sp³-hybridized carbons (Fsp3) is 0.308. The highest BCUT2D eigenvalue weighted by Crippen LogP contribution is 2.33. The minimum Gasteiger partial charge on any atom is -0.302 e. The zero-order valence-corrected chi connectivity index (χ0v) is 19.5. The van der Waals surface area contributed by atoms with Crippen molar-refractivity contribution in [2.75, 3.05) is 31.1 Å². The lowest BCUT2D eigenvalue weighted by Gasteiger charge is -2.25. The van der Waals surface area contributed by atoms with Crippen LogP contribution in [-0.4, -0.2) is 42.0 Å². The van der Waals surface area contributed by atoms with Crippen LogP contribution in [0.2, 0.25) is 0 Å². The van der Waals surface area contributed by atoms with Gasteiger partial charge in [0.15, 0.2) is 5.13 Å². The number of hydrogen-bond donors (Lipinski definition) is 0. The molecule has 1 heterocycles. The molecule has 4 rings (SSSR count). The highest BCUT2D eigenvalue weighted by Gasteiger charge is 2.22. The summed E-state index contributed by atoms with van der Waals surface area (Å²) in [7, 11) is 0.